The second-order valence-corrected chi connectivity index (χ2v) is 4.58. The fourth-order valence-electron chi connectivity index (χ4n) is 1.93. The molecule has 0 bridgehead atoms. The number of ether oxygens (including phenoxy) is 1. The Kier molecular flexibility index (Phi) is 3.42. The van der Waals surface area contributed by atoms with Gasteiger partial charge in [0.15, 0.2) is 0 Å². The lowest BCUT2D eigenvalue weighted by Gasteiger charge is -2.16. The number of nitrogen functional groups attached to an aromatic ring is 2. The van der Waals surface area contributed by atoms with E-state index in [0.29, 0.717) is 5.92 Å². The summed E-state index contributed by atoms with van der Waals surface area (Å²) < 4.78 is 5.87. The second kappa shape index (κ2) is 5.00. The van der Waals surface area contributed by atoms with Crippen LogP contribution in [0.3, 0.4) is 0 Å². The highest BCUT2D eigenvalue weighted by atomic mass is 16.5. The van der Waals surface area contributed by atoms with Crippen LogP contribution in [-0.4, -0.2) is 0 Å². The zero-order valence-electron chi connectivity index (χ0n) is 10.7. The molecule has 4 N–H and O–H groups in total. The molecule has 94 valence electrons. The van der Waals surface area contributed by atoms with E-state index in [-0.39, 0.29) is 0 Å². The van der Waals surface area contributed by atoms with Crippen molar-refractivity contribution in [2.24, 2.45) is 0 Å². The number of nitrogens with two attached hydrogens (primary N) is 2. The van der Waals surface area contributed by atoms with Gasteiger partial charge >= 0.3 is 0 Å². The fourth-order valence-corrected chi connectivity index (χ4v) is 1.93. The highest BCUT2D eigenvalue weighted by molar-refractivity contribution is 5.57. The number of benzene rings is 2. The monoisotopic (exact) mass is 242 g/mol. The van der Waals surface area contributed by atoms with E-state index in [9.17, 15) is 0 Å². The van der Waals surface area contributed by atoms with Gasteiger partial charge in [-0.05, 0) is 42.3 Å². The normalized spacial score (nSPS) is 10.6. The van der Waals surface area contributed by atoms with Gasteiger partial charge in [-0.2, -0.15) is 0 Å². The Morgan fingerprint density at radius 2 is 1.61 bits per heavy atom. The molecule has 2 aromatic carbocycles. The van der Waals surface area contributed by atoms with Gasteiger partial charge in [0.05, 0.1) is 0 Å². The Bertz CT molecular complexity index is 533. The number of rotatable bonds is 3. The first-order chi connectivity index (χ1) is 8.58. The van der Waals surface area contributed by atoms with Crippen LogP contribution in [-0.2, 0) is 0 Å². The molecule has 0 aliphatic rings. The maximum absolute atomic E-state index is 6.00. The molecule has 0 aromatic heterocycles. The predicted molar refractivity (Wildman–Crippen MR) is 75.9 cm³/mol. The van der Waals surface area contributed by atoms with E-state index in [1.807, 2.05) is 42.5 Å². The third-order valence-corrected chi connectivity index (χ3v) is 2.79. The van der Waals surface area contributed by atoms with Crippen molar-refractivity contribution in [2.75, 3.05) is 11.5 Å². The van der Waals surface area contributed by atoms with E-state index < -0.39 is 0 Å². The summed E-state index contributed by atoms with van der Waals surface area (Å²) in [7, 11) is 0. The van der Waals surface area contributed by atoms with Gasteiger partial charge in [-0.15, -0.1) is 0 Å². The van der Waals surface area contributed by atoms with Gasteiger partial charge in [0.25, 0.3) is 0 Å². The minimum absolute atomic E-state index is 0.315. The molecule has 0 radical (unpaired) electrons. The maximum atomic E-state index is 6.00. The molecule has 0 spiro atoms. The molecule has 18 heavy (non-hydrogen) atoms. The molecule has 0 heterocycles. The lowest BCUT2D eigenvalue weighted by atomic mass is 10.0. The highest BCUT2D eigenvalue weighted by Crippen LogP contribution is 2.34. The number of anilines is 2. The van der Waals surface area contributed by atoms with Crippen LogP contribution in [0.4, 0.5) is 11.4 Å². The van der Waals surface area contributed by atoms with Crippen LogP contribution in [0.25, 0.3) is 0 Å². The van der Waals surface area contributed by atoms with Gasteiger partial charge in [-0.1, -0.05) is 19.9 Å². The summed E-state index contributed by atoms with van der Waals surface area (Å²) in [6.45, 7) is 4.20. The Balaban J connectivity index is 2.34. The molecular formula is C15H18N2O. The van der Waals surface area contributed by atoms with Gasteiger partial charge < -0.3 is 16.2 Å². The van der Waals surface area contributed by atoms with Crippen molar-refractivity contribution in [1.82, 2.24) is 0 Å². The van der Waals surface area contributed by atoms with E-state index in [1.54, 1.807) is 0 Å². The average molecular weight is 242 g/mol. The zero-order chi connectivity index (χ0) is 13.1. The van der Waals surface area contributed by atoms with Crippen molar-refractivity contribution in [2.45, 2.75) is 19.8 Å². The van der Waals surface area contributed by atoms with Crippen LogP contribution in [0.15, 0.2) is 42.5 Å². The predicted octanol–water partition coefficient (Wildman–Crippen LogP) is 3.77. The number of hydrogen-bond donors (Lipinski definition) is 2. The third-order valence-electron chi connectivity index (χ3n) is 2.79. The highest BCUT2D eigenvalue weighted by Gasteiger charge is 2.11. The van der Waals surface area contributed by atoms with Gasteiger partial charge in [0.1, 0.15) is 11.5 Å². The first kappa shape index (κ1) is 12.3. The van der Waals surface area contributed by atoms with Gasteiger partial charge in [-0.3, -0.25) is 0 Å². The summed E-state index contributed by atoms with van der Waals surface area (Å²) in [5, 5.41) is 0. The molecule has 0 atom stereocenters. The topological polar surface area (TPSA) is 61.3 Å². The first-order valence-corrected chi connectivity index (χ1v) is 5.99. The SMILES string of the molecule is CC(C)c1c(N)cccc1Oc1ccc(N)cc1. The van der Waals surface area contributed by atoms with E-state index in [2.05, 4.69) is 13.8 Å². The van der Waals surface area contributed by atoms with Gasteiger partial charge in [0, 0.05) is 16.9 Å². The van der Waals surface area contributed by atoms with Crippen molar-refractivity contribution < 1.29 is 4.74 Å². The van der Waals surface area contributed by atoms with E-state index in [1.165, 1.54) is 0 Å². The van der Waals surface area contributed by atoms with Crippen molar-refractivity contribution in [3.05, 3.63) is 48.0 Å². The zero-order valence-corrected chi connectivity index (χ0v) is 10.7. The maximum Gasteiger partial charge on any atom is 0.132 e. The Morgan fingerprint density at radius 3 is 2.22 bits per heavy atom. The summed E-state index contributed by atoms with van der Waals surface area (Å²) in [5.74, 6) is 1.88. The summed E-state index contributed by atoms with van der Waals surface area (Å²) in [5.41, 5.74) is 14.2. The van der Waals surface area contributed by atoms with Crippen LogP contribution in [0, 0.1) is 0 Å². The number of hydrogen-bond acceptors (Lipinski definition) is 3. The molecule has 3 heteroatoms. The van der Waals surface area contributed by atoms with Crippen LogP contribution in [0.5, 0.6) is 11.5 Å². The molecule has 0 saturated heterocycles. The smallest absolute Gasteiger partial charge is 0.132 e. The third kappa shape index (κ3) is 2.56. The fraction of sp³-hybridized carbons (Fsp3) is 0.200. The standard InChI is InChI=1S/C15H18N2O/c1-10(2)15-13(17)4-3-5-14(15)18-12-8-6-11(16)7-9-12/h3-10H,16-17H2,1-2H3. The summed E-state index contributed by atoms with van der Waals surface area (Å²) >= 11 is 0. The Labute approximate surface area is 107 Å². The Morgan fingerprint density at radius 1 is 0.944 bits per heavy atom. The van der Waals surface area contributed by atoms with Crippen molar-refractivity contribution in [1.29, 1.82) is 0 Å². The molecule has 0 fully saturated rings. The van der Waals surface area contributed by atoms with Gasteiger partial charge in [0.2, 0.25) is 0 Å². The average Bonchev–Trinajstić information content (AvgIpc) is 2.32. The van der Waals surface area contributed by atoms with Crippen LogP contribution >= 0.6 is 0 Å². The van der Waals surface area contributed by atoms with E-state index in [0.717, 1.165) is 28.4 Å². The molecule has 2 aromatic rings. The molecule has 0 amide bonds. The molecule has 0 saturated carbocycles. The van der Waals surface area contributed by atoms with Crippen molar-refractivity contribution in [3.63, 3.8) is 0 Å². The molecular weight excluding hydrogens is 224 g/mol. The Hall–Kier alpha value is -2.16. The van der Waals surface area contributed by atoms with Crippen LogP contribution in [0.2, 0.25) is 0 Å². The molecule has 2 rings (SSSR count). The van der Waals surface area contributed by atoms with E-state index in [4.69, 9.17) is 16.2 Å². The van der Waals surface area contributed by atoms with Crippen LogP contribution < -0.4 is 16.2 Å². The van der Waals surface area contributed by atoms with Crippen molar-refractivity contribution in [3.8, 4) is 11.5 Å². The lowest BCUT2D eigenvalue weighted by Crippen LogP contribution is -1.99. The van der Waals surface area contributed by atoms with Crippen LogP contribution in [0.1, 0.15) is 25.3 Å². The largest absolute Gasteiger partial charge is 0.457 e. The lowest BCUT2D eigenvalue weighted by molar-refractivity contribution is 0.474. The van der Waals surface area contributed by atoms with Crippen molar-refractivity contribution >= 4 is 11.4 Å². The summed E-state index contributed by atoms with van der Waals surface area (Å²) in [4.78, 5) is 0. The molecule has 0 aliphatic carbocycles. The van der Waals surface area contributed by atoms with Gasteiger partial charge in [-0.25, -0.2) is 0 Å². The first-order valence-electron chi connectivity index (χ1n) is 5.99. The van der Waals surface area contributed by atoms with E-state index >= 15 is 0 Å². The minimum Gasteiger partial charge on any atom is -0.457 e. The molecule has 0 aliphatic heterocycles. The minimum atomic E-state index is 0.315. The second-order valence-electron chi connectivity index (χ2n) is 4.58. The summed E-state index contributed by atoms with van der Waals surface area (Å²) in [6, 6.07) is 13.1. The molecule has 0 unspecified atom stereocenters. The molecule has 3 nitrogen and oxygen atoms in total. The summed E-state index contributed by atoms with van der Waals surface area (Å²) in [6.07, 6.45) is 0. The quantitative estimate of drug-likeness (QED) is 0.805.